The number of benzene rings is 2. The van der Waals surface area contributed by atoms with E-state index in [1.54, 1.807) is 19.1 Å². The van der Waals surface area contributed by atoms with Crippen molar-refractivity contribution in [2.24, 2.45) is 0 Å². The van der Waals surface area contributed by atoms with E-state index in [-0.39, 0.29) is 16.9 Å². The van der Waals surface area contributed by atoms with Crippen LogP contribution in [0.5, 0.6) is 5.75 Å². The van der Waals surface area contributed by atoms with Crippen LogP contribution >= 0.6 is 0 Å². The number of para-hydroxylation sites is 1. The monoisotopic (exact) mass is 335 g/mol. The molecule has 0 spiro atoms. The van der Waals surface area contributed by atoms with Crippen LogP contribution in [0.15, 0.2) is 42.5 Å². The molecule has 1 N–H and O–H groups in total. The van der Waals surface area contributed by atoms with E-state index in [2.05, 4.69) is 14.8 Å². The molecule has 2 rings (SSSR count). The first-order chi connectivity index (χ1) is 11.4. The summed E-state index contributed by atoms with van der Waals surface area (Å²) < 4.78 is 33.8. The first-order valence-electron chi connectivity index (χ1n) is 6.96. The van der Waals surface area contributed by atoms with E-state index in [4.69, 9.17) is 0 Å². The van der Waals surface area contributed by atoms with Gasteiger partial charge in [0.15, 0.2) is 0 Å². The highest BCUT2D eigenvalue weighted by atomic mass is 19.3. The predicted octanol–water partition coefficient (Wildman–Crippen LogP) is 3.64. The fourth-order valence-electron chi connectivity index (χ4n) is 2.04. The first-order valence-corrected chi connectivity index (χ1v) is 6.96. The summed E-state index contributed by atoms with van der Waals surface area (Å²) in [6.45, 7) is -1.30. The van der Waals surface area contributed by atoms with Gasteiger partial charge in [0.2, 0.25) is 0 Å². The number of hydrogen-bond donors (Lipinski definition) is 1. The molecule has 0 unspecified atom stereocenters. The molecule has 2 aromatic carbocycles. The number of hydrogen-bond acceptors (Lipinski definition) is 4. The molecule has 0 atom stereocenters. The number of halogens is 2. The molecule has 7 heteroatoms. The van der Waals surface area contributed by atoms with Gasteiger partial charge in [-0.1, -0.05) is 18.2 Å². The van der Waals surface area contributed by atoms with Crippen molar-refractivity contribution in [2.75, 3.05) is 12.4 Å². The second kappa shape index (κ2) is 7.54. The summed E-state index contributed by atoms with van der Waals surface area (Å²) in [7, 11) is 1.25. The summed E-state index contributed by atoms with van der Waals surface area (Å²) in [5.74, 6) is -1.41. The number of nitrogens with one attached hydrogen (secondary N) is 1. The molecule has 0 fully saturated rings. The molecular weight excluding hydrogens is 320 g/mol. The van der Waals surface area contributed by atoms with E-state index in [0.717, 1.165) is 0 Å². The standard InChI is InChI=1S/C17H15F2NO4/c1-10-7-8-11(16(22)23-2)9-13(10)20-15(21)12-5-3-4-6-14(12)24-17(18)19/h3-9,17H,1-2H3,(H,20,21). The van der Waals surface area contributed by atoms with Crippen molar-refractivity contribution in [2.45, 2.75) is 13.5 Å². The fraction of sp³-hybridized carbons (Fsp3) is 0.176. The molecule has 0 radical (unpaired) electrons. The highest BCUT2D eigenvalue weighted by Gasteiger charge is 2.17. The van der Waals surface area contributed by atoms with Crippen molar-refractivity contribution in [3.8, 4) is 5.75 Å². The number of aryl methyl sites for hydroxylation is 1. The highest BCUT2D eigenvalue weighted by Crippen LogP contribution is 2.23. The van der Waals surface area contributed by atoms with Crippen LogP contribution in [0.4, 0.5) is 14.5 Å². The van der Waals surface area contributed by atoms with Crippen LogP contribution in [-0.2, 0) is 4.74 Å². The van der Waals surface area contributed by atoms with Crippen molar-refractivity contribution in [3.63, 3.8) is 0 Å². The number of rotatable bonds is 5. The number of esters is 1. The quantitative estimate of drug-likeness (QED) is 0.848. The summed E-state index contributed by atoms with van der Waals surface area (Å²) in [6.07, 6.45) is 0. The molecule has 5 nitrogen and oxygen atoms in total. The van der Waals surface area contributed by atoms with Crippen LogP contribution in [0.1, 0.15) is 26.3 Å². The van der Waals surface area contributed by atoms with Gasteiger partial charge in [0.25, 0.3) is 5.91 Å². The number of alkyl halides is 2. The Morgan fingerprint density at radius 3 is 2.50 bits per heavy atom. The Hall–Kier alpha value is -2.96. The van der Waals surface area contributed by atoms with E-state index in [1.807, 2.05) is 0 Å². The van der Waals surface area contributed by atoms with Gasteiger partial charge in [0.1, 0.15) is 5.75 Å². The molecule has 0 aromatic heterocycles. The Morgan fingerprint density at radius 1 is 1.12 bits per heavy atom. The van der Waals surface area contributed by atoms with Gasteiger partial charge in [-0.05, 0) is 36.8 Å². The molecule has 24 heavy (non-hydrogen) atoms. The molecule has 0 heterocycles. The molecule has 0 aliphatic rings. The number of ether oxygens (including phenoxy) is 2. The van der Waals surface area contributed by atoms with Gasteiger partial charge in [-0.25, -0.2) is 4.79 Å². The molecule has 0 aliphatic heterocycles. The van der Waals surface area contributed by atoms with E-state index < -0.39 is 18.5 Å². The first kappa shape index (κ1) is 17.4. The van der Waals surface area contributed by atoms with Gasteiger partial charge in [-0.2, -0.15) is 8.78 Å². The summed E-state index contributed by atoms with van der Waals surface area (Å²) in [4.78, 5) is 23.9. The second-order valence-electron chi connectivity index (χ2n) is 4.85. The lowest BCUT2D eigenvalue weighted by atomic mass is 10.1. The molecule has 0 bridgehead atoms. The Kier molecular flexibility index (Phi) is 5.47. The average Bonchev–Trinajstić information content (AvgIpc) is 2.56. The lowest BCUT2D eigenvalue weighted by molar-refractivity contribution is -0.0501. The molecule has 0 saturated heterocycles. The van der Waals surface area contributed by atoms with Gasteiger partial charge in [0, 0.05) is 5.69 Å². The largest absolute Gasteiger partial charge is 0.465 e. The third-order valence-electron chi connectivity index (χ3n) is 3.25. The van der Waals surface area contributed by atoms with E-state index in [0.29, 0.717) is 11.3 Å². The Labute approximate surface area is 137 Å². The van der Waals surface area contributed by atoms with Crippen molar-refractivity contribution < 1.29 is 27.8 Å². The number of amides is 1. The smallest absolute Gasteiger partial charge is 0.387 e. The maximum atomic E-state index is 12.4. The SMILES string of the molecule is COC(=O)c1ccc(C)c(NC(=O)c2ccccc2OC(F)F)c1. The second-order valence-corrected chi connectivity index (χ2v) is 4.85. The molecule has 0 aliphatic carbocycles. The number of carbonyl (C=O) groups is 2. The van der Waals surface area contributed by atoms with Crippen molar-refractivity contribution in [1.82, 2.24) is 0 Å². The van der Waals surface area contributed by atoms with E-state index in [9.17, 15) is 18.4 Å². The van der Waals surface area contributed by atoms with Crippen LogP contribution in [0, 0.1) is 6.92 Å². The van der Waals surface area contributed by atoms with Crippen molar-refractivity contribution in [1.29, 1.82) is 0 Å². The number of carbonyl (C=O) groups excluding carboxylic acids is 2. The maximum Gasteiger partial charge on any atom is 0.387 e. The summed E-state index contributed by atoms with van der Waals surface area (Å²) >= 11 is 0. The number of methoxy groups -OCH3 is 1. The summed E-state index contributed by atoms with van der Waals surface area (Å²) in [5.41, 5.74) is 1.29. The Balaban J connectivity index is 2.29. The average molecular weight is 335 g/mol. The normalized spacial score (nSPS) is 10.4. The minimum absolute atomic E-state index is 0.0410. The van der Waals surface area contributed by atoms with Crippen molar-refractivity contribution >= 4 is 17.6 Å². The third kappa shape index (κ3) is 4.07. The maximum absolute atomic E-state index is 12.4. The van der Waals surface area contributed by atoms with Crippen LogP contribution < -0.4 is 10.1 Å². The van der Waals surface area contributed by atoms with Crippen LogP contribution in [-0.4, -0.2) is 25.6 Å². The zero-order valence-electron chi connectivity index (χ0n) is 13.0. The Morgan fingerprint density at radius 2 is 1.83 bits per heavy atom. The molecule has 126 valence electrons. The molecular formula is C17H15F2NO4. The third-order valence-corrected chi connectivity index (χ3v) is 3.25. The minimum Gasteiger partial charge on any atom is -0.465 e. The van der Waals surface area contributed by atoms with Gasteiger partial charge < -0.3 is 14.8 Å². The minimum atomic E-state index is -3.04. The summed E-state index contributed by atoms with van der Waals surface area (Å²) in [5, 5.41) is 2.59. The van der Waals surface area contributed by atoms with Gasteiger partial charge in [-0.3, -0.25) is 4.79 Å². The van der Waals surface area contributed by atoms with Crippen LogP contribution in [0.3, 0.4) is 0 Å². The zero-order chi connectivity index (χ0) is 17.7. The van der Waals surface area contributed by atoms with Gasteiger partial charge in [-0.15, -0.1) is 0 Å². The zero-order valence-corrected chi connectivity index (χ0v) is 13.0. The molecule has 0 saturated carbocycles. The lowest BCUT2D eigenvalue weighted by Crippen LogP contribution is -2.16. The van der Waals surface area contributed by atoms with Crippen molar-refractivity contribution in [3.05, 3.63) is 59.2 Å². The highest BCUT2D eigenvalue weighted by molar-refractivity contribution is 6.07. The van der Waals surface area contributed by atoms with Crippen LogP contribution in [0.2, 0.25) is 0 Å². The number of anilines is 1. The van der Waals surface area contributed by atoms with E-state index >= 15 is 0 Å². The van der Waals surface area contributed by atoms with Gasteiger partial charge in [0.05, 0.1) is 18.2 Å². The van der Waals surface area contributed by atoms with Crippen LogP contribution in [0.25, 0.3) is 0 Å². The Bertz CT molecular complexity index is 762. The van der Waals surface area contributed by atoms with E-state index in [1.165, 1.54) is 37.4 Å². The fourth-order valence-corrected chi connectivity index (χ4v) is 2.04. The lowest BCUT2D eigenvalue weighted by Gasteiger charge is -2.13. The van der Waals surface area contributed by atoms with Gasteiger partial charge >= 0.3 is 12.6 Å². The molecule has 1 amide bonds. The molecule has 2 aromatic rings. The summed E-state index contributed by atoms with van der Waals surface area (Å²) in [6, 6.07) is 10.3. The topological polar surface area (TPSA) is 64.6 Å². The predicted molar refractivity (Wildman–Crippen MR) is 83.5 cm³/mol.